The summed E-state index contributed by atoms with van der Waals surface area (Å²) in [6.07, 6.45) is -0.742. The third-order valence-corrected chi connectivity index (χ3v) is 6.83. The highest BCUT2D eigenvalue weighted by molar-refractivity contribution is 7.89. The fraction of sp³-hybridized carbons (Fsp3) is 0.350. The third-order valence-electron chi connectivity index (χ3n) is 4.94. The van der Waals surface area contributed by atoms with E-state index in [1.54, 1.807) is 43.2 Å². The maximum atomic E-state index is 12.8. The molecule has 11 heteroatoms. The highest BCUT2D eigenvalue weighted by Crippen LogP contribution is 2.23. The van der Waals surface area contributed by atoms with Crippen LogP contribution in [-0.2, 0) is 14.8 Å². The molecule has 0 saturated carbocycles. The van der Waals surface area contributed by atoms with E-state index in [0.29, 0.717) is 11.5 Å². The van der Waals surface area contributed by atoms with Crippen LogP contribution < -0.4 is 9.47 Å². The monoisotopic (exact) mass is 449 g/mol. The summed E-state index contributed by atoms with van der Waals surface area (Å²) in [6, 6.07) is 11.8. The molecule has 2 aromatic carbocycles. The maximum absolute atomic E-state index is 12.8. The molecule has 0 radical (unpaired) electrons. The molecule has 2 aromatic rings. The highest BCUT2D eigenvalue weighted by atomic mass is 32.2. The van der Waals surface area contributed by atoms with Crippen molar-refractivity contribution in [3.8, 4) is 11.5 Å². The van der Waals surface area contributed by atoms with Crippen molar-refractivity contribution in [2.24, 2.45) is 0 Å². The molecule has 10 nitrogen and oxygen atoms in total. The second kappa shape index (κ2) is 9.31. The molecule has 3 rings (SSSR count). The number of nitrogens with zero attached hydrogens (tertiary/aromatic N) is 3. The van der Waals surface area contributed by atoms with Crippen LogP contribution in [0.2, 0.25) is 0 Å². The van der Waals surface area contributed by atoms with Crippen molar-refractivity contribution in [3.63, 3.8) is 0 Å². The quantitative estimate of drug-likeness (QED) is 0.468. The fourth-order valence-electron chi connectivity index (χ4n) is 3.22. The Labute approximate surface area is 180 Å². The zero-order valence-corrected chi connectivity index (χ0v) is 17.9. The molecule has 1 fully saturated rings. The van der Waals surface area contributed by atoms with Gasteiger partial charge in [0.05, 0.1) is 16.9 Å². The first kappa shape index (κ1) is 22.5. The average Bonchev–Trinajstić information content (AvgIpc) is 2.79. The Balaban J connectivity index is 1.60. The summed E-state index contributed by atoms with van der Waals surface area (Å²) < 4.78 is 37.7. The number of nitro benzene ring substituents is 1. The zero-order valence-electron chi connectivity index (χ0n) is 17.1. The number of piperazine rings is 1. The molecule has 0 spiro atoms. The SMILES string of the molecule is COc1ccc(OC(C)C(=O)N2CCN(S(=O)(=O)c3cccc([N+](=O)[O-])c3)CC2)cc1. The largest absolute Gasteiger partial charge is 0.497 e. The predicted octanol–water partition coefficient (Wildman–Crippen LogP) is 1.90. The molecule has 1 aliphatic heterocycles. The van der Waals surface area contributed by atoms with Gasteiger partial charge in [0.25, 0.3) is 11.6 Å². The van der Waals surface area contributed by atoms with Crippen molar-refractivity contribution in [1.82, 2.24) is 9.21 Å². The predicted molar refractivity (Wildman–Crippen MR) is 112 cm³/mol. The van der Waals surface area contributed by atoms with Crippen molar-refractivity contribution in [2.45, 2.75) is 17.9 Å². The molecular formula is C20H23N3O7S. The number of hydrogen-bond donors (Lipinski definition) is 0. The van der Waals surface area contributed by atoms with E-state index in [2.05, 4.69) is 0 Å². The minimum Gasteiger partial charge on any atom is -0.497 e. The van der Waals surface area contributed by atoms with E-state index < -0.39 is 21.1 Å². The van der Waals surface area contributed by atoms with E-state index in [4.69, 9.17) is 9.47 Å². The minimum atomic E-state index is -3.89. The van der Waals surface area contributed by atoms with Crippen molar-refractivity contribution in [3.05, 3.63) is 58.6 Å². The number of benzene rings is 2. The summed E-state index contributed by atoms with van der Waals surface area (Å²) in [5.41, 5.74) is -0.292. The van der Waals surface area contributed by atoms with Crippen LogP contribution in [0.5, 0.6) is 11.5 Å². The smallest absolute Gasteiger partial charge is 0.270 e. The number of amides is 1. The van der Waals surface area contributed by atoms with Crippen LogP contribution in [0.25, 0.3) is 0 Å². The summed E-state index contributed by atoms with van der Waals surface area (Å²) in [5.74, 6) is 0.948. The molecule has 0 bridgehead atoms. The van der Waals surface area contributed by atoms with E-state index in [9.17, 15) is 23.3 Å². The summed E-state index contributed by atoms with van der Waals surface area (Å²) in [6.45, 7) is 2.21. The first-order chi connectivity index (χ1) is 14.7. The van der Waals surface area contributed by atoms with Gasteiger partial charge in [-0.1, -0.05) is 6.07 Å². The lowest BCUT2D eigenvalue weighted by Crippen LogP contribution is -2.53. The first-order valence-electron chi connectivity index (χ1n) is 9.56. The minimum absolute atomic E-state index is 0.0893. The van der Waals surface area contributed by atoms with Gasteiger partial charge < -0.3 is 14.4 Å². The van der Waals surface area contributed by atoms with Crippen molar-refractivity contribution >= 4 is 21.6 Å². The first-order valence-corrected chi connectivity index (χ1v) is 11.0. The maximum Gasteiger partial charge on any atom is 0.270 e. The summed E-state index contributed by atoms with van der Waals surface area (Å²) in [7, 11) is -2.34. The number of carbonyl (C=O) groups excluding carboxylic acids is 1. The molecule has 1 unspecified atom stereocenters. The van der Waals surface area contributed by atoms with E-state index >= 15 is 0 Å². The van der Waals surface area contributed by atoms with Gasteiger partial charge in [0.15, 0.2) is 6.10 Å². The molecule has 166 valence electrons. The van der Waals surface area contributed by atoms with E-state index in [1.807, 2.05) is 0 Å². The lowest BCUT2D eigenvalue weighted by Gasteiger charge is -2.35. The van der Waals surface area contributed by atoms with Gasteiger partial charge in [0.1, 0.15) is 11.5 Å². The van der Waals surface area contributed by atoms with Gasteiger partial charge in [-0.3, -0.25) is 14.9 Å². The van der Waals surface area contributed by atoms with E-state index in [-0.39, 0.29) is 42.7 Å². The Bertz CT molecular complexity index is 1050. The Morgan fingerprint density at radius 3 is 2.26 bits per heavy atom. The Kier molecular flexibility index (Phi) is 6.76. The van der Waals surface area contributed by atoms with Gasteiger partial charge in [-0.15, -0.1) is 0 Å². The van der Waals surface area contributed by atoms with Gasteiger partial charge in [0, 0.05) is 38.3 Å². The summed E-state index contributed by atoms with van der Waals surface area (Å²) in [4.78, 5) is 24.4. The number of non-ortho nitro benzene ring substituents is 1. The fourth-order valence-corrected chi connectivity index (χ4v) is 4.68. The third kappa shape index (κ3) is 5.12. The van der Waals surface area contributed by atoms with Crippen LogP contribution in [0.1, 0.15) is 6.92 Å². The zero-order chi connectivity index (χ0) is 22.6. The molecule has 1 heterocycles. The second-order valence-corrected chi connectivity index (χ2v) is 8.86. The number of rotatable bonds is 7. The van der Waals surface area contributed by atoms with Gasteiger partial charge in [0.2, 0.25) is 10.0 Å². The Morgan fingerprint density at radius 1 is 1.06 bits per heavy atom. The molecule has 0 aromatic heterocycles. The Morgan fingerprint density at radius 2 is 1.68 bits per heavy atom. The molecule has 1 atom stereocenters. The van der Waals surface area contributed by atoms with Crippen LogP contribution in [-0.4, -0.2) is 67.8 Å². The number of methoxy groups -OCH3 is 1. The normalized spacial score (nSPS) is 15.9. The number of nitro groups is 1. The van der Waals surface area contributed by atoms with Crippen LogP contribution in [0.4, 0.5) is 5.69 Å². The van der Waals surface area contributed by atoms with Crippen LogP contribution in [0.3, 0.4) is 0 Å². The molecule has 1 saturated heterocycles. The van der Waals surface area contributed by atoms with Crippen molar-refractivity contribution in [1.29, 1.82) is 0 Å². The molecule has 1 aliphatic rings. The summed E-state index contributed by atoms with van der Waals surface area (Å²) >= 11 is 0. The van der Waals surface area contributed by atoms with Crippen molar-refractivity contribution in [2.75, 3.05) is 33.3 Å². The van der Waals surface area contributed by atoms with E-state index in [1.165, 1.54) is 22.5 Å². The van der Waals surface area contributed by atoms with Crippen LogP contribution >= 0.6 is 0 Å². The molecular weight excluding hydrogens is 426 g/mol. The average molecular weight is 449 g/mol. The Hall–Kier alpha value is -3.18. The van der Waals surface area contributed by atoms with E-state index in [0.717, 1.165) is 6.07 Å². The lowest BCUT2D eigenvalue weighted by atomic mass is 10.2. The molecule has 0 N–H and O–H groups in total. The molecule has 1 amide bonds. The summed E-state index contributed by atoms with van der Waals surface area (Å²) in [5, 5.41) is 10.9. The van der Waals surface area contributed by atoms with Gasteiger partial charge in [-0.05, 0) is 37.3 Å². The molecule has 31 heavy (non-hydrogen) atoms. The second-order valence-electron chi connectivity index (χ2n) is 6.92. The lowest BCUT2D eigenvalue weighted by molar-refractivity contribution is -0.385. The highest BCUT2D eigenvalue weighted by Gasteiger charge is 2.32. The topological polar surface area (TPSA) is 119 Å². The number of ether oxygens (including phenoxy) is 2. The van der Waals surface area contributed by atoms with Crippen molar-refractivity contribution < 1.29 is 27.6 Å². The van der Waals surface area contributed by atoms with Crippen LogP contribution in [0, 0.1) is 10.1 Å². The molecule has 0 aliphatic carbocycles. The standard InChI is InChI=1S/C20H23N3O7S/c1-15(30-18-8-6-17(29-2)7-9-18)20(24)21-10-12-22(13-11-21)31(27,28)19-5-3-4-16(14-19)23(25)26/h3-9,14-15H,10-13H2,1-2H3. The van der Waals surface area contributed by atoms with Gasteiger partial charge in [-0.2, -0.15) is 4.31 Å². The number of hydrogen-bond acceptors (Lipinski definition) is 7. The number of sulfonamides is 1. The van der Waals surface area contributed by atoms with Crippen LogP contribution in [0.15, 0.2) is 53.4 Å². The van der Waals surface area contributed by atoms with Gasteiger partial charge >= 0.3 is 0 Å². The number of carbonyl (C=O) groups is 1. The van der Waals surface area contributed by atoms with Gasteiger partial charge in [-0.25, -0.2) is 8.42 Å².